The molecule has 0 fully saturated rings. The number of nitrogen functional groups attached to an aromatic ring is 1. The second kappa shape index (κ2) is 5.77. The van der Waals surface area contributed by atoms with Crippen LogP contribution in [0, 0.1) is 0 Å². The zero-order chi connectivity index (χ0) is 15.5. The monoisotopic (exact) mass is 296 g/mol. The molecule has 6 nitrogen and oxygen atoms in total. The van der Waals surface area contributed by atoms with Crippen LogP contribution in [0.3, 0.4) is 0 Å². The minimum Gasteiger partial charge on any atom is -0.490 e. The van der Waals surface area contributed by atoms with Gasteiger partial charge in [0.2, 0.25) is 0 Å². The number of nitrogens with zero attached hydrogens (tertiary/aromatic N) is 2. The summed E-state index contributed by atoms with van der Waals surface area (Å²) < 4.78 is 5.58. The number of nitrogens with one attached hydrogen (secondary N) is 1. The first kappa shape index (κ1) is 13.9. The van der Waals surface area contributed by atoms with Crippen LogP contribution < -0.4 is 20.7 Å². The van der Waals surface area contributed by atoms with E-state index in [1.165, 1.54) is 6.08 Å². The lowest BCUT2D eigenvalue weighted by atomic mass is 10.2. The molecule has 1 aliphatic heterocycles. The van der Waals surface area contributed by atoms with E-state index in [-0.39, 0.29) is 5.91 Å². The van der Waals surface area contributed by atoms with Crippen molar-refractivity contribution in [1.82, 2.24) is 4.98 Å². The highest BCUT2D eigenvalue weighted by Crippen LogP contribution is 2.35. The molecule has 2 aromatic rings. The third-order valence-electron chi connectivity index (χ3n) is 3.32. The highest BCUT2D eigenvalue weighted by molar-refractivity contribution is 6.02. The van der Waals surface area contributed by atoms with E-state index >= 15 is 0 Å². The van der Waals surface area contributed by atoms with Gasteiger partial charge in [0.1, 0.15) is 18.2 Å². The number of carbonyl (C=O) groups excluding carboxylic acids is 1. The average Bonchev–Trinajstić information content (AvgIpc) is 2.53. The van der Waals surface area contributed by atoms with Crippen LogP contribution in [0.5, 0.6) is 5.75 Å². The Morgan fingerprint density at radius 1 is 1.41 bits per heavy atom. The zero-order valence-corrected chi connectivity index (χ0v) is 12.0. The van der Waals surface area contributed by atoms with E-state index in [2.05, 4.69) is 16.9 Å². The Bertz CT molecular complexity index is 730. The molecule has 0 bridgehead atoms. The molecule has 3 rings (SSSR count). The van der Waals surface area contributed by atoms with Crippen LogP contribution in [0.1, 0.15) is 0 Å². The fourth-order valence-corrected chi connectivity index (χ4v) is 2.30. The van der Waals surface area contributed by atoms with Crippen LogP contribution in [-0.4, -0.2) is 24.0 Å². The number of anilines is 4. The standard InChI is InChI=1S/C16H16N4O2/c1-2-16(21)20-7-8-22-14-4-3-12(10-13(14)20)19-15-9-11(17)5-6-18-15/h2-6,9-10H,1,7-8H2,(H3,17,18,19). The van der Waals surface area contributed by atoms with E-state index in [1.54, 1.807) is 23.2 Å². The van der Waals surface area contributed by atoms with Crippen molar-refractivity contribution in [1.29, 1.82) is 0 Å². The molecule has 2 heterocycles. The van der Waals surface area contributed by atoms with Gasteiger partial charge < -0.3 is 20.7 Å². The second-order valence-corrected chi connectivity index (χ2v) is 4.82. The van der Waals surface area contributed by atoms with E-state index in [4.69, 9.17) is 10.5 Å². The molecule has 3 N–H and O–H groups in total. The predicted octanol–water partition coefficient (Wildman–Crippen LogP) is 2.32. The summed E-state index contributed by atoms with van der Waals surface area (Å²) in [7, 11) is 0. The van der Waals surface area contributed by atoms with Gasteiger partial charge in [0.25, 0.3) is 5.91 Å². The molecule has 6 heteroatoms. The molecule has 0 unspecified atom stereocenters. The van der Waals surface area contributed by atoms with E-state index in [9.17, 15) is 4.79 Å². The lowest BCUT2D eigenvalue weighted by Crippen LogP contribution is -2.36. The van der Waals surface area contributed by atoms with Crippen molar-refractivity contribution in [2.24, 2.45) is 0 Å². The first-order chi connectivity index (χ1) is 10.7. The maximum Gasteiger partial charge on any atom is 0.250 e. The fourth-order valence-electron chi connectivity index (χ4n) is 2.30. The average molecular weight is 296 g/mol. The number of benzene rings is 1. The number of amides is 1. The van der Waals surface area contributed by atoms with Gasteiger partial charge in [-0.25, -0.2) is 4.98 Å². The number of hydrogen-bond acceptors (Lipinski definition) is 5. The van der Waals surface area contributed by atoms with Crippen LogP contribution in [0.25, 0.3) is 0 Å². The summed E-state index contributed by atoms with van der Waals surface area (Å²) in [6, 6.07) is 9.00. The number of aromatic nitrogens is 1. The van der Waals surface area contributed by atoms with Gasteiger partial charge in [-0.1, -0.05) is 6.58 Å². The first-order valence-corrected chi connectivity index (χ1v) is 6.87. The molecule has 1 aliphatic rings. The molecule has 22 heavy (non-hydrogen) atoms. The van der Waals surface area contributed by atoms with Gasteiger partial charge in [-0.15, -0.1) is 0 Å². The maximum absolute atomic E-state index is 11.9. The quantitative estimate of drug-likeness (QED) is 0.850. The summed E-state index contributed by atoms with van der Waals surface area (Å²) in [4.78, 5) is 17.8. The minimum absolute atomic E-state index is 0.149. The highest BCUT2D eigenvalue weighted by atomic mass is 16.5. The number of pyridine rings is 1. The van der Waals surface area contributed by atoms with Crippen LogP contribution in [0.4, 0.5) is 22.9 Å². The predicted molar refractivity (Wildman–Crippen MR) is 86.4 cm³/mol. The van der Waals surface area contributed by atoms with Crippen molar-refractivity contribution < 1.29 is 9.53 Å². The summed E-state index contributed by atoms with van der Waals surface area (Å²) in [5, 5.41) is 3.16. The molecule has 0 saturated heterocycles. The summed E-state index contributed by atoms with van der Waals surface area (Å²) in [5.74, 6) is 1.16. The van der Waals surface area contributed by atoms with Gasteiger partial charge in [0.15, 0.2) is 0 Å². The van der Waals surface area contributed by atoms with Crippen molar-refractivity contribution in [3.8, 4) is 5.75 Å². The van der Waals surface area contributed by atoms with Crippen LogP contribution in [0.15, 0.2) is 49.2 Å². The third kappa shape index (κ3) is 2.71. The second-order valence-electron chi connectivity index (χ2n) is 4.82. The highest BCUT2D eigenvalue weighted by Gasteiger charge is 2.22. The molecule has 0 aliphatic carbocycles. The third-order valence-corrected chi connectivity index (χ3v) is 3.32. The molecule has 0 atom stereocenters. The Hall–Kier alpha value is -3.02. The molecule has 1 amide bonds. The Kier molecular flexibility index (Phi) is 3.65. The SMILES string of the molecule is C=CC(=O)N1CCOc2ccc(Nc3cc(N)ccn3)cc21. The van der Waals surface area contributed by atoms with Crippen LogP contribution >= 0.6 is 0 Å². The molecule has 0 radical (unpaired) electrons. The summed E-state index contributed by atoms with van der Waals surface area (Å²) in [5.41, 5.74) is 7.87. The summed E-state index contributed by atoms with van der Waals surface area (Å²) >= 11 is 0. The van der Waals surface area contributed by atoms with Crippen molar-refractivity contribution in [3.63, 3.8) is 0 Å². The molecule has 1 aromatic carbocycles. The minimum atomic E-state index is -0.149. The van der Waals surface area contributed by atoms with E-state index in [0.29, 0.717) is 36.1 Å². The number of ether oxygens (including phenoxy) is 1. The van der Waals surface area contributed by atoms with Gasteiger partial charge in [-0.05, 0) is 30.3 Å². The Morgan fingerprint density at radius 2 is 2.27 bits per heavy atom. The number of nitrogens with two attached hydrogens (primary N) is 1. The number of carbonyl (C=O) groups is 1. The molecule has 1 aromatic heterocycles. The largest absolute Gasteiger partial charge is 0.490 e. The topological polar surface area (TPSA) is 80.5 Å². The zero-order valence-electron chi connectivity index (χ0n) is 12.0. The first-order valence-electron chi connectivity index (χ1n) is 6.87. The normalized spacial score (nSPS) is 13.0. The van der Waals surface area contributed by atoms with Crippen molar-refractivity contribution in [2.75, 3.05) is 29.1 Å². The van der Waals surface area contributed by atoms with Gasteiger partial charge in [-0.3, -0.25) is 4.79 Å². The van der Waals surface area contributed by atoms with Crippen LogP contribution in [0.2, 0.25) is 0 Å². The van der Waals surface area contributed by atoms with E-state index < -0.39 is 0 Å². The fraction of sp³-hybridized carbons (Fsp3) is 0.125. The van der Waals surface area contributed by atoms with Gasteiger partial charge in [0.05, 0.1) is 12.2 Å². The van der Waals surface area contributed by atoms with Crippen molar-refractivity contribution in [2.45, 2.75) is 0 Å². The lowest BCUT2D eigenvalue weighted by Gasteiger charge is -2.29. The Labute approximate surface area is 128 Å². The molecule has 112 valence electrons. The van der Waals surface area contributed by atoms with Crippen molar-refractivity contribution in [3.05, 3.63) is 49.2 Å². The maximum atomic E-state index is 11.9. The number of hydrogen-bond donors (Lipinski definition) is 2. The lowest BCUT2D eigenvalue weighted by molar-refractivity contribution is -0.114. The smallest absolute Gasteiger partial charge is 0.250 e. The Balaban J connectivity index is 1.92. The summed E-state index contributed by atoms with van der Waals surface area (Å²) in [6.45, 7) is 4.50. The van der Waals surface area contributed by atoms with E-state index in [0.717, 1.165) is 5.69 Å². The summed E-state index contributed by atoms with van der Waals surface area (Å²) in [6.07, 6.45) is 2.93. The molecular formula is C16H16N4O2. The van der Waals surface area contributed by atoms with Gasteiger partial charge >= 0.3 is 0 Å². The number of rotatable bonds is 3. The molecule has 0 spiro atoms. The molecular weight excluding hydrogens is 280 g/mol. The molecule has 0 saturated carbocycles. The van der Waals surface area contributed by atoms with Crippen LogP contribution in [-0.2, 0) is 4.79 Å². The number of fused-ring (bicyclic) bond motifs is 1. The van der Waals surface area contributed by atoms with Crippen molar-refractivity contribution >= 4 is 28.8 Å². The Morgan fingerprint density at radius 3 is 3.05 bits per heavy atom. The van der Waals surface area contributed by atoms with Gasteiger partial charge in [0, 0.05) is 23.6 Å². The van der Waals surface area contributed by atoms with Gasteiger partial charge in [-0.2, -0.15) is 0 Å². The van der Waals surface area contributed by atoms with E-state index in [1.807, 2.05) is 18.2 Å².